The fourth-order valence-electron chi connectivity index (χ4n) is 2.84. The zero-order valence-electron chi connectivity index (χ0n) is 11.3. The molecule has 0 spiro atoms. The van der Waals surface area contributed by atoms with E-state index in [0.29, 0.717) is 11.6 Å². The van der Waals surface area contributed by atoms with E-state index < -0.39 is 0 Å². The minimum absolute atomic E-state index is 0.0313. The molecule has 102 valence electrons. The molecule has 20 heavy (non-hydrogen) atoms. The van der Waals surface area contributed by atoms with Gasteiger partial charge in [-0.25, -0.2) is 0 Å². The lowest BCUT2D eigenvalue weighted by atomic mass is 9.99. The van der Waals surface area contributed by atoms with Gasteiger partial charge in [0.05, 0.1) is 5.69 Å². The molecule has 3 N–H and O–H groups in total. The molecule has 1 atom stereocenters. The van der Waals surface area contributed by atoms with Gasteiger partial charge in [0.2, 0.25) is 0 Å². The topological polar surface area (TPSA) is 66.0 Å². The first-order valence-corrected chi connectivity index (χ1v) is 6.85. The number of benzene rings is 1. The highest BCUT2D eigenvalue weighted by molar-refractivity contribution is 5.98. The lowest BCUT2D eigenvalue weighted by Crippen LogP contribution is -2.24. The Morgan fingerprint density at radius 1 is 1.20 bits per heavy atom. The van der Waals surface area contributed by atoms with E-state index in [4.69, 9.17) is 11.1 Å². The molecular formula is C16H18N4. The Balaban J connectivity index is 1.83. The number of hydrogen-bond acceptors (Lipinski definition) is 3. The maximum Gasteiger partial charge on any atom is 0.143 e. The first-order chi connectivity index (χ1) is 9.75. The number of nitrogens with two attached hydrogens (primary N) is 1. The van der Waals surface area contributed by atoms with Gasteiger partial charge in [-0.2, -0.15) is 0 Å². The summed E-state index contributed by atoms with van der Waals surface area (Å²) in [7, 11) is 0. The lowest BCUT2D eigenvalue weighted by molar-refractivity contribution is 0.775. The molecule has 1 aromatic carbocycles. The maximum absolute atomic E-state index is 7.64. The summed E-state index contributed by atoms with van der Waals surface area (Å²) in [6, 6.07) is 14.5. The molecule has 1 aliphatic rings. The molecule has 1 fully saturated rings. The number of nitrogens with one attached hydrogen (secondary N) is 1. The average Bonchev–Trinajstić information content (AvgIpc) is 2.98. The highest BCUT2D eigenvalue weighted by Gasteiger charge is 2.26. The summed E-state index contributed by atoms with van der Waals surface area (Å²) in [6.07, 6.45) is 2.81. The largest absolute Gasteiger partial charge is 0.382 e. The summed E-state index contributed by atoms with van der Waals surface area (Å²) in [6.45, 7) is 1.93. The molecule has 1 unspecified atom stereocenters. The summed E-state index contributed by atoms with van der Waals surface area (Å²) in [5.74, 6) is 0.569. The number of rotatable bonds is 3. The summed E-state index contributed by atoms with van der Waals surface area (Å²) in [5.41, 5.74) is 8.56. The summed E-state index contributed by atoms with van der Waals surface area (Å²) < 4.78 is 0. The van der Waals surface area contributed by atoms with Gasteiger partial charge in [-0.3, -0.25) is 10.4 Å². The Morgan fingerprint density at radius 3 is 2.75 bits per heavy atom. The zero-order valence-corrected chi connectivity index (χ0v) is 11.3. The van der Waals surface area contributed by atoms with Crippen LogP contribution in [0.3, 0.4) is 0 Å². The second kappa shape index (κ2) is 5.33. The van der Waals surface area contributed by atoms with Gasteiger partial charge in [-0.1, -0.05) is 30.3 Å². The second-order valence-corrected chi connectivity index (χ2v) is 5.13. The zero-order chi connectivity index (χ0) is 13.9. The van der Waals surface area contributed by atoms with Gasteiger partial charge in [0.1, 0.15) is 11.5 Å². The summed E-state index contributed by atoms with van der Waals surface area (Å²) in [4.78, 5) is 6.51. The Bertz CT molecular complexity index is 609. The summed E-state index contributed by atoms with van der Waals surface area (Å²) in [5, 5.41) is 7.64. The molecule has 2 aromatic rings. The smallest absolute Gasteiger partial charge is 0.143 e. The highest BCUT2D eigenvalue weighted by atomic mass is 15.2. The van der Waals surface area contributed by atoms with Crippen LogP contribution in [0.2, 0.25) is 0 Å². The van der Waals surface area contributed by atoms with E-state index in [-0.39, 0.29) is 5.84 Å². The molecule has 0 aliphatic carbocycles. The van der Waals surface area contributed by atoms with Crippen molar-refractivity contribution in [3.63, 3.8) is 0 Å². The lowest BCUT2D eigenvalue weighted by Gasteiger charge is -2.21. The van der Waals surface area contributed by atoms with Crippen LogP contribution in [-0.2, 0) is 0 Å². The standard InChI is InChI=1S/C16H18N4/c17-16(18)15-14(7-4-9-19-15)20-10-8-13(11-20)12-5-2-1-3-6-12/h1-7,9,13H,8,10-11H2,(H3,17,18). The van der Waals surface area contributed by atoms with Crippen molar-refractivity contribution in [3.05, 3.63) is 59.9 Å². The van der Waals surface area contributed by atoms with Crippen molar-refractivity contribution in [2.75, 3.05) is 18.0 Å². The van der Waals surface area contributed by atoms with Gasteiger partial charge in [0, 0.05) is 25.2 Å². The van der Waals surface area contributed by atoms with Crippen LogP contribution in [0.15, 0.2) is 48.7 Å². The number of pyridine rings is 1. The molecule has 0 saturated carbocycles. The summed E-state index contributed by atoms with van der Waals surface area (Å²) >= 11 is 0. The predicted octanol–water partition coefficient (Wildman–Crippen LogP) is 2.36. The fourth-order valence-corrected chi connectivity index (χ4v) is 2.84. The maximum atomic E-state index is 7.64. The van der Waals surface area contributed by atoms with Crippen molar-refractivity contribution in [1.82, 2.24) is 4.98 Å². The van der Waals surface area contributed by atoms with E-state index in [9.17, 15) is 0 Å². The number of nitrogen functional groups attached to an aromatic ring is 1. The molecule has 1 saturated heterocycles. The van der Waals surface area contributed by atoms with Crippen LogP contribution in [-0.4, -0.2) is 23.9 Å². The van der Waals surface area contributed by atoms with E-state index in [1.807, 2.05) is 18.2 Å². The molecule has 4 nitrogen and oxygen atoms in total. The van der Waals surface area contributed by atoms with E-state index in [1.165, 1.54) is 5.56 Å². The third kappa shape index (κ3) is 2.37. The molecule has 1 aliphatic heterocycles. The van der Waals surface area contributed by atoms with Crippen LogP contribution in [0.25, 0.3) is 0 Å². The van der Waals surface area contributed by atoms with Gasteiger partial charge in [0.25, 0.3) is 0 Å². The molecule has 2 heterocycles. The molecule has 3 rings (SSSR count). The molecule has 4 heteroatoms. The minimum Gasteiger partial charge on any atom is -0.382 e. The van der Waals surface area contributed by atoms with Crippen LogP contribution >= 0.6 is 0 Å². The van der Waals surface area contributed by atoms with Crippen molar-refractivity contribution < 1.29 is 0 Å². The average molecular weight is 266 g/mol. The fraction of sp³-hybridized carbons (Fsp3) is 0.250. The quantitative estimate of drug-likeness (QED) is 0.662. The molecule has 0 bridgehead atoms. The third-order valence-corrected chi connectivity index (χ3v) is 3.84. The van der Waals surface area contributed by atoms with Crippen LogP contribution < -0.4 is 10.6 Å². The normalized spacial score (nSPS) is 18.2. The van der Waals surface area contributed by atoms with Crippen molar-refractivity contribution in [2.45, 2.75) is 12.3 Å². The van der Waals surface area contributed by atoms with Gasteiger partial charge >= 0.3 is 0 Å². The van der Waals surface area contributed by atoms with Gasteiger partial charge < -0.3 is 10.6 Å². The second-order valence-electron chi connectivity index (χ2n) is 5.13. The molecule has 0 amide bonds. The number of amidine groups is 1. The van der Waals surface area contributed by atoms with Gasteiger partial charge in [-0.05, 0) is 24.1 Å². The first-order valence-electron chi connectivity index (χ1n) is 6.85. The Labute approximate surface area is 118 Å². The van der Waals surface area contributed by atoms with E-state index in [0.717, 1.165) is 25.2 Å². The Hall–Kier alpha value is -2.36. The SMILES string of the molecule is N=C(N)c1ncccc1N1CCC(c2ccccc2)C1. The molecule has 1 aromatic heterocycles. The monoisotopic (exact) mass is 266 g/mol. The molecular weight excluding hydrogens is 248 g/mol. The minimum atomic E-state index is 0.0313. The van der Waals surface area contributed by atoms with Crippen LogP contribution in [0, 0.1) is 5.41 Å². The third-order valence-electron chi connectivity index (χ3n) is 3.84. The highest BCUT2D eigenvalue weighted by Crippen LogP contribution is 2.31. The Kier molecular flexibility index (Phi) is 3.37. The first kappa shape index (κ1) is 12.7. The van der Waals surface area contributed by atoms with Crippen LogP contribution in [0.1, 0.15) is 23.6 Å². The predicted molar refractivity (Wildman–Crippen MR) is 81.3 cm³/mol. The number of hydrogen-bond donors (Lipinski definition) is 2. The van der Waals surface area contributed by atoms with Crippen molar-refractivity contribution >= 4 is 11.5 Å². The van der Waals surface area contributed by atoms with Gasteiger partial charge in [0.15, 0.2) is 0 Å². The number of anilines is 1. The van der Waals surface area contributed by atoms with Crippen molar-refractivity contribution in [3.8, 4) is 0 Å². The van der Waals surface area contributed by atoms with Crippen molar-refractivity contribution in [1.29, 1.82) is 5.41 Å². The van der Waals surface area contributed by atoms with E-state index in [1.54, 1.807) is 6.20 Å². The number of nitrogens with zero attached hydrogens (tertiary/aromatic N) is 2. The van der Waals surface area contributed by atoms with E-state index >= 15 is 0 Å². The Morgan fingerprint density at radius 2 is 2.00 bits per heavy atom. The van der Waals surface area contributed by atoms with E-state index in [2.05, 4.69) is 34.1 Å². The van der Waals surface area contributed by atoms with Crippen LogP contribution in [0.4, 0.5) is 5.69 Å². The number of aromatic nitrogens is 1. The van der Waals surface area contributed by atoms with Gasteiger partial charge in [-0.15, -0.1) is 0 Å². The van der Waals surface area contributed by atoms with Crippen LogP contribution in [0.5, 0.6) is 0 Å². The molecule has 0 radical (unpaired) electrons. The van der Waals surface area contributed by atoms with Crippen molar-refractivity contribution in [2.24, 2.45) is 5.73 Å².